The van der Waals surface area contributed by atoms with E-state index in [9.17, 15) is 14.7 Å². The molecule has 244 valence electrons. The van der Waals surface area contributed by atoms with Crippen LogP contribution in [-0.4, -0.2) is 22.6 Å². The zero-order chi connectivity index (χ0) is 31.9. The molecular weight excluding hydrogens is 560 g/mol. The quantitative estimate of drug-likeness (QED) is 0.205. The molecule has 2 aliphatic heterocycles. The molecule has 5 heteroatoms. The Bertz CT molecular complexity index is 1520. The number of allylic oxidation sites excluding steroid dienone is 2. The van der Waals surface area contributed by atoms with Crippen LogP contribution in [0.25, 0.3) is 0 Å². The van der Waals surface area contributed by atoms with Crippen molar-refractivity contribution in [2.45, 2.75) is 148 Å². The third-order valence-corrected chi connectivity index (χ3v) is 15.4. The first-order chi connectivity index (χ1) is 21.1. The molecule has 5 nitrogen and oxygen atoms in total. The summed E-state index contributed by atoms with van der Waals surface area (Å²) in [5.41, 5.74) is 2.71. The third-order valence-electron chi connectivity index (χ3n) is 15.4. The highest BCUT2D eigenvalue weighted by Gasteiger charge is 2.72. The van der Waals surface area contributed by atoms with Crippen molar-refractivity contribution in [1.82, 2.24) is 0 Å². The molecule has 4 fully saturated rings. The van der Waals surface area contributed by atoms with Crippen molar-refractivity contribution >= 4 is 11.9 Å². The summed E-state index contributed by atoms with van der Waals surface area (Å²) in [6.07, 6.45) is 13.1. The van der Waals surface area contributed by atoms with Crippen molar-refractivity contribution in [2.24, 2.45) is 39.9 Å². The molecule has 3 saturated carbocycles. The number of aliphatic hydroxyl groups is 1. The second-order valence-corrected chi connectivity index (χ2v) is 18.3. The predicted octanol–water partition coefficient (Wildman–Crippen LogP) is 8.65. The lowest BCUT2D eigenvalue weighted by Crippen LogP contribution is -2.57. The maximum absolute atomic E-state index is 14.5. The molecule has 1 N–H and O–H groups in total. The first-order valence-electron chi connectivity index (χ1n) is 18.1. The number of rotatable bonds is 2. The van der Waals surface area contributed by atoms with Crippen molar-refractivity contribution in [3.05, 3.63) is 40.5 Å². The van der Waals surface area contributed by atoms with Gasteiger partial charge in [0.25, 0.3) is 0 Å². The number of carbonyl (C=O) groups excluding carboxylic acids is 2. The normalized spacial score (nSPS) is 45.5. The maximum Gasteiger partial charge on any atom is 0.322 e. The van der Waals surface area contributed by atoms with Gasteiger partial charge < -0.3 is 14.6 Å². The molecule has 45 heavy (non-hydrogen) atoms. The van der Waals surface area contributed by atoms with Gasteiger partial charge in [-0.1, -0.05) is 65.2 Å². The molecular formula is C40H54O5. The maximum atomic E-state index is 14.5. The Balaban J connectivity index is 1.29. The van der Waals surface area contributed by atoms with Crippen LogP contribution in [0.1, 0.15) is 148 Å². The van der Waals surface area contributed by atoms with Gasteiger partial charge in [-0.25, -0.2) is 0 Å². The van der Waals surface area contributed by atoms with Gasteiger partial charge in [0, 0.05) is 17.4 Å². The molecule has 0 unspecified atom stereocenters. The molecule has 1 saturated heterocycles. The van der Waals surface area contributed by atoms with Crippen molar-refractivity contribution in [1.29, 1.82) is 0 Å². The Morgan fingerprint density at radius 3 is 2.33 bits per heavy atom. The van der Waals surface area contributed by atoms with Crippen LogP contribution in [0.15, 0.2) is 23.8 Å². The fourth-order valence-electron chi connectivity index (χ4n) is 13.4. The van der Waals surface area contributed by atoms with Crippen molar-refractivity contribution < 1.29 is 24.2 Å². The molecule has 7 aliphatic rings. The number of fused-ring (bicyclic) bond motifs is 7. The monoisotopic (exact) mass is 614 g/mol. The van der Waals surface area contributed by atoms with Crippen molar-refractivity contribution in [3.8, 4) is 5.75 Å². The summed E-state index contributed by atoms with van der Waals surface area (Å²) in [7, 11) is 0. The van der Waals surface area contributed by atoms with Crippen LogP contribution < -0.4 is 4.74 Å². The first kappa shape index (κ1) is 30.2. The van der Waals surface area contributed by atoms with Gasteiger partial charge in [-0.15, -0.1) is 0 Å². The lowest BCUT2D eigenvalue weighted by molar-refractivity contribution is -0.157. The minimum absolute atomic E-state index is 0.0119. The second-order valence-electron chi connectivity index (χ2n) is 18.3. The number of hydrogen-bond donors (Lipinski definition) is 1. The van der Waals surface area contributed by atoms with E-state index in [1.54, 1.807) is 0 Å². The summed E-state index contributed by atoms with van der Waals surface area (Å²) >= 11 is 0. The number of aliphatic hydroxyl groups excluding tert-OH is 1. The number of hydrogen-bond acceptors (Lipinski definition) is 5. The van der Waals surface area contributed by atoms with Crippen LogP contribution in [0.4, 0.5) is 0 Å². The predicted molar refractivity (Wildman–Crippen MR) is 174 cm³/mol. The van der Waals surface area contributed by atoms with E-state index >= 15 is 0 Å². The smallest absolute Gasteiger partial charge is 0.322 e. The minimum Gasteiger partial charge on any atom is -0.459 e. The molecule has 8 rings (SSSR count). The molecule has 2 bridgehead atoms. The van der Waals surface area contributed by atoms with Gasteiger partial charge in [-0.2, -0.15) is 0 Å². The van der Waals surface area contributed by atoms with E-state index in [-0.39, 0.29) is 40.0 Å². The van der Waals surface area contributed by atoms with E-state index in [0.29, 0.717) is 24.0 Å². The Morgan fingerprint density at radius 1 is 0.867 bits per heavy atom. The molecule has 9 atom stereocenters. The fraction of sp³-hybridized carbons (Fsp3) is 0.750. The summed E-state index contributed by atoms with van der Waals surface area (Å²) in [5.74, 6) is 1.11. The fourth-order valence-corrected chi connectivity index (χ4v) is 13.4. The average molecular weight is 615 g/mol. The van der Waals surface area contributed by atoms with Gasteiger partial charge in [0.1, 0.15) is 16.8 Å². The molecule has 1 aromatic rings. The Labute approximate surface area is 269 Å². The molecule has 0 amide bonds. The number of ether oxygens (including phenoxy) is 2. The number of benzene rings is 1. The molecule has 1 aromatic carbocycles. The largest absolute Gasteiger partial charge is 0.459 e. The second kappa shape index (κ2) is 9.26. The minimum atomic E-state index is -0.861. The summed E-state index contributed by atoms with van der Waals surface area (Å²) in [6.45, 7) is 16.2. The van der Waals surface area contributed by atoms with E-state index in [4.69, 9.17) is 9.47 Å². The van der Waals surface area contributed by atoms with Crippen LogP contribution in [-0.2, 0) is 25.2 Å². The summed E-state index contributed by atoms with van der Waals surface area (Å²) in [6, 6.07) is 4.23. The molecule has 0 aromatic heterocycles. The molecule has 2 spiro atoms. The molecule has 5 aliphatic carbocycles. The summed E-state index contributed by atoms with van der Waals surface area (Å²) < 4.78 is 12.7. The van der Waals surface area contributed by atoms with Crippen LogP contribution >= 0.6 is 0 Å². The standard InChI is InChI=1S/C40H54O5/c1-23-11-8-18-39(25(23)21-30-38(7)20-14-28-35(2,3)16-10-19-40(28,30)34(43)45-38)32-27(44-33(39)42)13-12-24-31(32)26(41)22-29-36(4,5)15-9-17-37(24,29)6/h11-13,25-26,28-30,41H,8-10,14-22H2,1-7H3/t25-,26-,28+,29-,30-,37+,38+,39-,40+/m0/s1. The van der Waals surface area contributed by atoms with E-state index in [1.807, 2.05) is 6.07 Å². The van der Waals surface area contributed by atoms with Gasteiger partial charge in [0.15, 0.2) is 0 Å². The van der Waals surface area contributed by atoms with Gasteiger partial charge in [0.05, 0.1) is 11.5 Å². The number of carbonyl (C=O) groups is 2. The lowest BCUT2D eigenvalue weighted by atomic mass is 9.44. The van der Waals surface area contributed by atoms with Gasteiger partial charge in [-0.3, -0.25) is 9.59 Å². The van der Waals surface area contributed by atoms with Crippen LogP contribution in [0.5, 0.6) is 5.75 Å². The topological polar surface area (TPSA) is 72.8 Å². The highest BCUT2D eigenvalue weighted by atomic mass is 16.6. The van der Waals surface area contributed by atoms with Gasteiger partial charge >= 0.3 is 11.9 Å². The number of esters is 2. The van der Waals surface area contributed by atoms with Crippen molar-refractivity contribution in [3.63, 3.8) is 0 Å². The van der Waals surface area contributed by atoms with Gasteiger partial charge in [0.2, 0.25) is 0 Å². The third kappa shape index (κ3) is 3.66. The summed E-state index contributed by atoms with van der Waals surface area (Å²) in [4.78, 5) is 28.7. The van der Waals surface area contributed by atoms with E-state index in [1.165, 1.54) is 24.0 Å². The van der Waals surface area contributed by atoms with E-state index in [2.05, 4.69) is 60.6 Å². The Hall–Kier alpha value is -2.14. The summed E-state index contributed by atoms with van der Waals surface area (Å²) in [5, 5.41) is 12.1. The van der Waals surface area contributed by atoms with Crippen LogP contribution in [0.2, 0.25) is 0 Å². The zero-order valence-corrected chi connectivity index (χ0v) is 28.7. The van der Waals surface area contributed by atoms with Crippen LogP contribution in [0.3, 0.4) is 0 Å². The van der Waals surface area contributed by atoms with Gasteiger partial charge in [-0.05, 0) is 123 Å². The molecule has 2 heterocycles. The van der Waals surface area contributed by atoms with E-state index in [0.717, 1.165) is 68.9 Å². The first-order valence-corrected chi connectivity index (χ1v) is 18.1. The Kier molecular flexibility index (Phi) is 6.22. The highest BCUT2D eigenvalue weighted by molar-refractivity contribution is 5.93. The highest BCUT2D eigenvalue weighted by Crippen LogP contribution is 2.70. The van der Waals surface area contributed by atoms with Crippen molar-refractivity contribution in [2.75, 3.05) is 0 Å². The lowest BCUT2D eigenvalue weighted by Gasteiger charge is -2.57. The zero-order valence-electron chi connectivity index (χ0n) is 28.7. The van der Waals surface area contributed by atoms with E-state index < -0.39 is 22.5 Å². The SMILES string of the molecule is CC1=CCC[C@]2(C(=O)Oc3ccc4c(c32)[C@@H](O)C[C@H]2C(C)(C)CCC[C@]42C)[C@H]1C[C@@H]1[C@@]23CCCC(C)(C)[C@H]2CC[C@@]1(C)OC3=O. The molecule has 0 radical (unpaired) electrons. The Morgan fingerprint density at radius 2 is 1.58 bits per heavy atom. The average Bonchev–Trinajstić information content (AvgIpc) is 3.28. The van der Waals surface area contributed by atoms with Crippen LogP contribution in [0, 0.1) is 39.9 Å².